The SMILES string of the molecule is O=C(Nc1cc(C(F)(F)F)ccc1Cl)N1CCN(c2ccc(-c3ccncc3)nn2)CC1. The summed E-state index contributed by atoms with van der Waals surface area (Å²) in [6.07, 6.45) is -1.16. The largest absolute Gasteiger partial charge is 0.416 e. The van der Waals surface area contributed by atoms with Crippen molar-refractivity contribution in [3.05, 3.63) is 65.4 Å². The minimum absolute atomic E-state index is 0.0366. The number of carbonyl (C=O) groups excluding carboxylic acids is 1. The summed E-state index contributed by atoms with van der Waals surface area (Å²) in [5.41, 5.74) is 0.684. The number of amides is 2. The molecule has 0 unspecified atom stereocenters. The van der Waals surface area contributed by atoms with Gasteiger partial charge < -0.3 is 15.1 Å². The molecule has 4 rings (SSSR count). The number of hydrogen-bond donors (Lipinski definition) is 1. The molecule has 0 spiro atoms. The number of piperazine rings is 1. The van der Waals surface area contributed by atoms with Crippen LogP contribution in [-0.2, 0) is 6.18 Å². The standard InChI is InChI=1S/C21H18ClF3N6O/c22-16-2-1-15(21(23,24)25)13-18(16)27-20(32)31-11-9-30(10-12-31)19-4-3-17(28-29-19)14-5-7-26-8-6-14/h1-8,13H,9-12H2,(H,27,32). The lowest BCUT2D eigenvalue weighted by Crippen LogP contribution is -2.50. The van der Waals surface area contributed by atoms with Crippen LogP contribution in [0.25, 0.3) is 11.3 Å². The Bertz CT molecular complexity index is 1090. The van der Waals surface area contributed by atoms with E-state index in [0.29, 0.717) is 32.0 Å². The molecule has 2 amide bonds. The van der Waals surface area contributed by atoms with Gasteiger partial charge in [0.25, 0.3) is 0 Å². The van der Waals surface area contributed by atoms with Gasteiger partial charge in [-0.05, 0) is 42.5 Å². The molecule has 0 saturated carbocycles. The Morgan fingerprint density at radius 3 is 2.31 bits per heavy atom. The Morgan fingerprint density at radius 2 is 1.69 bits per heavy atom. The summed E-state index contributed by atoms with van der Waals surface area (Å²) in [5.74, 6) is 0.684. The molecular weight excluding hydrogens is 445 g/mol. The summed E-state index contributed by atoms with van der Waals surface area (Å²) in [7, 11) is 0. The quantitative estimate of drug-likeness (QED) is 0.617. The van der Waals surface area contributed by atoms with Gasteiger partial charge >= 0.3 is 12.2 Å². The first-order valence-electron chi connectivity index (χ1n) is 9.73. The number of benzene rings is 1. The molecule has 32 heavy (non-hydrogen) atoms. The van der Waals surface area contributed by atoms with Crippen LogP contribution in [0.15, 0.2) is 54.9 Å². The molecule has 3 heterocycles. The lowest BCUT2D eigenvalue weighted by atomic mass is 10.2. The number of anilines is 2. The third-order valence-corrected chi connectivity index (χ3v) is 5.38. The number of nitrogens with zero attached hydrogens (tertiary/aromatic N) is 5. The van der Waals surface area contributed by atoms with Crippen LogP contribution in [-0.4, -0.2) is 52.3 Å². The Morgan fingerprint density at radius 1 is 0.969 bits per heavy atom. The fraction of sp³-hybridized carbons (Fsp3) is 0.238. The molecule has 1 aliphatic rings. The lowest BCUT2D eigenvalue weighted by Gasteiger charge is -2.35. The van der Waals surface area contributed by atoms with Crippen LogP contribution in [0.2, 0.25) is 5.02 Å². The molecule has 1 aromatic carbocycles. The molecule has 0 bridgehead atoms. The van der Waals surface area contributed by atoms with E-state index >= 15 is 0 Å². The zero-order valence-electron chi connectivity index (χ0n) is 16.7. The molecule has 1 saturated heterocycles. The van der Waals surface area contributed by atoms with Crippen LogP contribution < -0.4 is 10.2 Å². The molecule has 1 N–H and O–H groups in total. The van der Waals surface area contributed by atoms with Crippen LogP contribution >= 0.6 is 11.6 Å². The van der Waals surface area contributed by atoms with E-state index in [-0.39, 0.29) is 10.7 Å². The molecule has 166 valence electrons. The van der Waals surface area contributed by atoms with Gasteiger partial charge in [0.05, 0.1) is 22.0 Å². The highest BCUT2D eigenvalue weighted by Gasteiger charge is 2.31. The van der Waals surface area contributed by atoms with Crippen molar-refractivity contribution in [3.63, 3.8) is 0 Å². The van der Waals surface area contributed by atoms with Crippen LogP contribution in [0.4, 0.5) is 29.5 Å². The van der Waals surface area contributed by atoms with Crippen molar-refractivity contribution in [1.29, 1.82) is 0 Å². The smallest absolute Gasteiger partial charge is 0.352 e. The molecule has 7 nitrogen and oxygen atoms in total. The van der Waals surface area contributed by atoms with Gasteiger partial charge in [0.2, 0.25) is 0 Å². The van der Waals surface area contributed by atoms with Gasteiger partial charge in [0, 0.05) is 44.1 Å². The average Bonchev–Trinajstić information content (AvgIpc) is 2.80. The van der Waals surface area contributed by atoms with Crippen LogP contribution in [0.1, 0.15) is 5.56 Å². The van der Waals surface area contributed by atoms with Crippen molar-refractivity contribution in [2.75, 3.05) is 36.4 Å². The Hall–Kier alpha value is -3.40. The van der Waals surface area contributed by atoms with Crippen molar-refractivity contribution in [2.24, 2.45) is 0 Å². The second-order valence-electron chi connectivity index (χ2n) is 7.11. The molecular formula is C21H18ClF3N6O. The molecule has 3 aromatic rings. The normalized spacial score (nSPS) is 14.4. The van der Waals surface area contributed by atoms with Crippen molar-refractivity contribution >= 4 is 29.1 Å². The maximum absolute atomic E-state index is 12.9. The monoisotopic (exact) mass is 462 g/mol. The van der Waals surface area contributed by atoms with Crippen LogP contribution in [0.3, 0.4) is 0 Å². The van der Waals surface area contributed by atoms with Gasteiger partial charge in [0.1, 0.15) is 0 Å². The van der Waals surface area contributed by atoms with Crippen molar-refractivity contribution in [3.8, 4) is 11.3 Å². The maximum Gasteiger partial charge on any atom is 0.416 e. The second kappa shape index (κ2) is 8.99. The van der Waals surface area contributed by atoms with Gasteiger partial charge in [-0.15, -0.1) is 10.2 Å². The number of pyridine rings is 1. The van der Waals surface area contributed by atoms with Gasteiger partial charge in [0.15, 0.2) is 5.82 Å². The van der Waals surface area contributed by atoms with Crippen molar-refractivity contribution in [2.45, 2.75) is 6.18 Å². The highest BCUT2D eigenvalue weighted by Crippen LogP contribution is 2.34. The average molecular weight is 463 g/mol. The predicted molar refractivity (Wildman–Crippen MR) is 115 cm³/mol. The topological polar surface area (TPSA) is 74.2 Å². The second-order valence-corrected chi connectivity index (χ2v) is 7.52. The molecule has 11 heteroatoms. The number of carbonyl (C=O) groups is 1. The fourth-order valence-corrected chi connectivity index (χ4v) is 3.47. The van der Waals surface area contributed by atoms with E-state index in [0.717, 1.165) is 29.5 Å². The van der Waals surface area contributed by atoms with E-state index in [4.69, 9.17) is 11.6 Å². The minimum Gasteiger partial charge on any atom is -0.352 e. The molecule has 1 fully saturated rings. The van der Waals surface area contributed by atoms with E-state index in [1.165, 1.54) is 4.90 Å². The number of hydrogen-bond acceptors (Lipinski definition) is 5. The summed E-state index contributed by atoms with van der Waals surface area (Å²) in [6.45, 7) is 1.76. The third-order valence-electron chi connectivity index (χ3n) is 5.05. The maximum atomic E-state index is 12.9. The lowest BCUT2D eigenvalue weighted by molar-refractivity contribution is -0.137. The van der Waals surface area contributed by atoms with Crippen molar-refractivity contribution < 1.29 is 18.0 Å². The van der Waals surface area contributed by atoms with Gasteiger partial charge in [-0.2, -0.15) is 13.2 Å². The number of halogens is 4. The zero-order chi connectivity index (χ0) is 22.7. The van der Waals surface area contributed by atoms with E-state index < -0.39 is 17.8 Å². The number of alkyl halides is 3. The number of rotatable bonds is 3. The Balaban J connectivity index is 1.36. The zero-order valence-corrected chi connectivity index (χ0v) is 17.4. The first-order chi connectivity index (χ1) is 15.3. The summed E-state index contributed by atoms with van der Waals surface area (Å²) >= 11 is 5.96. The summed E-state index contributed by atoms with van der Waals surface area (Å²) in [5, 5.41) is 11.0. The third kappa shape index (κ3) is 4.91. The highest BCUT2D eigenvalue weighted by molar-refractivity contribution is 6.33. The van der Waals surface area contributed by atoms with Crippen molar-refractivity contribution in [1.82, 2.24) is 20.1 Å². The van der Waals surface area contributed by atoms with E-state index in [9.17, 15) is 18.0 Å². The van der Waals surface area contributed by atoms with Gasteiger partial charge in [-0.25, -0.2) is 4.79 Å². The summed E-state index contributed by atoms with van der Waals surface area (Å²) in [4.78, 5) is 20.0. The van der Waals surface area contributed by atoms with E-state index in [1.807, 2.05) is 29.2 Å². The first-order valence-corrected chi connectivity index (χ1v) is 10.1. The highest BCUT2D eigenvalue weighted by atomic mass is 35.5. The predicted octanol–water partition coefficient (Wildman–Crippen LogP) is 4.56. The molecule has 1 aliphatic heterocycles. The van der Waals surface area contributed by atoms with E-state index in [1.54, 1.807) is 12.4 Å². The number of urea groups is 1. The number of nitrogens with one attached hydrogen (secondary N) is 1. The summed E-state index contributed by atoms with van der Waals surface area (Å²) < 4.78 is 38.8. The summed E-state index contributed by atoms with van der Waals surface area (Å²) in [6, 6.07) is 9.73. The molecule has 0 aliphatic carbocycles. The first kappa shape index (κ1) is 21.8. The van der Waals surface area contributed by atoms with Crippen LogP contribution in [0.5, 0.6) is 0 Å². The molecule has 0 radical (unpaired) electrons. The van der Waals surface area contributed by atoms with Gasteiger partial charge in [-0.1, -0.05) is 11.6 Å². The van der Waals surface area contributed by atoms with Crippen LogP contribution in [0, 0.1) is 0 Å². The Labute approximate surface area is 186 Å². The Kier molecular flexibility index (Phi) is 6.13. The minimum atomic E-state index is -4.52. The molecule has 2 aromatic heterocycles. The molecule has 0 atom stereocenters. The number of aromatic nitrogens is 3. The van der Waals surface area contributed by atoms with E-state index in [2.05, 4.69) is 20.5 Å². The fourth-order valence-electron chi connectivity index (χ4n) is 3.30. The van der Waals surface area contributed by atoms with Gasteiger partial charge in [-0.3, -0.25) is 4.98 Å².